The molecule has 0 aromatic heterocycles. The number of amides is 1. The molecule has 120 valence electrons. The van der Waals surface area contributed by atoms with E-state index in [0.717, 1.165) is 0 Å². The molecule has 1 N–H and O–H groups in total. The fraction of sp³-hybridized carbons (Fsp3) is 0.467. The average molecular weight is 328 g/mol. The van der Waals surface area contributed by atoms with Gasteiger partial charge in [-0.3, -0.25) is 9.59 Å². The van der Waals surface area contributed by atoms with Gasteiger partial charge in [0, 0.05) is 23.7 Å². The van der Waals surface area contributed by atoms with Crippen LogP contribution < -0.4 is 4.74 Å². The van der Waals surface area contributed by atoms with Crippen LogP contribution in [0, 0.1) is 0 Å². The molecule has 0 spiro atoms. The van der Waals surface area contributed by atoms with Crippen molar-refractivity contribution in [2.24, 2.45) is 0 Å². The minimum absolute atomic E-state index is 0.0979. The van der Waals surface area contributed by atoms with Gasteiger partial charge in [-0.1, -0.05) is 11.6 Å². The number of hydrogen-bond acceptors (Lipinski definition) is 4. The van der Waals surface area contributed by atoms with E-state index < -0.39 is 12.1 Å². The van der Waals surface area contributed by atoms with Gasteiger partial charge < -0.3 is 19.5 Å². The Bertz CT molecular complexity index is 563. The summed E-state index contributed by atoms with van der Waals surface area (Å²) in [5.41, 5.74) is 0.710. The Kier molecular flexibility index (Phi) is 5.63. The minimum atomic E-state index is -0.934. The van der Waals surface area contributed by atoms with Crippen molar-refractivity contribution in [3.63, 3.8) is 0 Å². The fourth-order valence-electron chi connectivity index (χ4n) is 2.42. The van der Waals surface area contributed by atoms with Crippen molar-refractivity contribution in [3.8, 4) is 5.75 Å². The predicted molar refractivity (Wildman–Crippen MR) is 80.3 cm³/mol. The summed E-state index contributed by atoms with van der Waals surface area (Å²) < 4.78 is 10.6. The normalized spacial score (nSPS) is 18.1. The molecule has 1 aromatic rings. The summed E-state index contributed by atoms with van der Waals surface area (Å²) in [6, 6.07) is 5.12. The average Bonchev–Trinajstić information content (AvgIpc) is 2.47. The number of methoxy groups -OCH3 is 1. The van der Waals surface area contributed by atoms with Crippen molar-refractivity contribution >= 4 is 23.5 Å². The van der Waals surface area contributed by atoms with Crippen LogP contribution in [0.15, 0.2) is 18.2 Å². The van der Waals surface area contributed by atoms with Gasteiger partial charge in [0.1, 0.15) is 5.75 Å². The molecule has 1 amide bonds. The lowest BCUT2D eigenvalue weighted by atomic mass is 10.1. The van der Waals surface area contributed by atoms with Gasteiger partial charge in [0.25, 0.3) is 0 Å². The third-order valence-electron chi connectivity index (χ3n) is 3.48. The molecule has 0 radical (unpaired) electrons. The Labute approximate surface area is 133 Å². The largest absolute Gasteiger partial charge is 0.496 e. The van der Waals surface area contributed by atoms with Crippen molar-refractivity contribution < 1.29 is 24.2 Å². The summed E-state index contributed by atoms with van der Waals surface area (Å²) in [4.78, 5) is 24.8. The van der Waals surface area contributed by atoms with Crippen LogP contribution in [-0.2, 0) is 20.7 Å². The van der Waals surface area contributed by atoms with E-state index in [1.54, 1.807) is 23.1 Å². The molecule has 1 aromatic carbocycles. The topological polar surface area (TPSA) is 76.1 Å². The van der Waals surface area contributed by atoms with E-state index in [1.165, 1.54) is 7.11 Å². The van der Waals surface area contributed by atoms with E-state index in [2.05, 4.69) is 0 Å². The summed E-state index contributed by atoms with van der Waals surface area (Å²) in [6.45, 7) is 1.09. The fourth-order valence-corrected chi connectivity index (χ4v) is 2.62. The molecule has 1 aliphatic heterocycles. The first-order valence-corrected chi connectivity index (χ1v) is 7.31. The first-order chi connectivity index (χ1) is 10.5. The third kappa shape index (κ3) is 4.35. The van der Waals surface area contributed by atoms with Crippen LogP contribution in [0.3, 0.4) is 0 Å². The van der Waals surface area contributed by atoms with Crippen LogP contribution in [0.25, 0.3) is 0 Å². The van der Waals surface area contributed by atoms with Gasteiger partial charge >= 0.3 is 5.97 Å². The van der Waals surface area contributed by atoms with E-state index in [1.807, 2.05) is 0 Å². The Hall–Kier alpha value is -1.79. The molecule has 1 atom stereocenters. The van der Waals surface area contributed by atoms with Crippen LogP contribution in [0.1, 0.15) is 12.0 Å². The highest BCUT2D eigenvalue weighted by Crippen LogP contribution is 2.24. The molecule has 7 heteroatoms. The summed E-state index contributed by atoms with van der Waals surface area (Å²) in [6.07, 6.45) is -0.412. The molecule has 0 saturated carbocycles. The molecule has 1 heterocycles. The van der Waals surface area contributed by atoms with Gasteiger partial charge in [0.2, 0.25) is 5.91 Å². The van der Waals surface area contributed by atoms with Gasteiger partial charge in [-0.2, -0.15) is 0 Å². The number of carboxylic acid groups (broad SMARTS) is 1. The molecular formula is C15H18ClNO5. The lowest BCUT2D eigenvalue weighted by Gasteiger charge is -2.32. The van der Waals surface area contributed by atoms with Crippen molar-refractivity contribution in [1.29, 1.82) is 0 Å². The molecule has 1 saturated heterocycles. The number of aliphatic carboxylic acids is 1. The number of carbonyl (C=O) groups excluding carboxylic acids is 1. The monoisotopic (exact) mass is 327 g/mol. The number of carbonyl (C=O) groups is 2. The van der Waals surface area contributed by atoms with E-state index >= 15 is 0 Å². The molecule has 22 heavy (non-hydrogen) atoms. The van der Waals surface area contributed by atoms with Gasteiger partial charge in [-0.05, 0) is 18.2 Å². The van der Waals surface area contributed by atoms with Gasteiger partial charge in [-0.25, -0.2) is 0 Å². The molecule has 0 aliphatic carbocycles. The highest BCUT2D eigenvalue weighted by Gasteiger charge is 2.26. The summed E-state index contributed by atoms with van der Waals surface area (Å²) in [7, 11) is 1.54. The highest BCUT2D eigenvalue weighted by molar-refractivity contribution is 6.30. The summed E-state index contributed by atoms with van der Waals surface area (Å²) in [5.74, 6) is -0.428. The number of halogens is 1. The van der Waals surface area contributed by atoms with Crippen LogP contribution in [-0.4, -0.2) is 54.8 Å². The molecule has 6 nitrogen and oxygen atoms in total. The van der Waals surface area contributed by atoms with Crippen LogP contribution in [0.2, 0.25) is 5.02 Å². The summed E-state index contributed by atoms with van der Waals surface area (Å²) in [5, 5.41) is 9.35. The first-order valence-electron chi connectivity index (χ1n) is 6.93. The van der Waals surface area contributed by atoms with Crippen LogP contribution in [0.4, 0.5) is 0 Å². The second-order valence-electron chi connectivity index (χ2n) is 5.06. The number of benzene rings is 1. The maximum Gasteiger partial charge on any atom is 0.306 e. The van der Waals surface area contributed by atoms with Crippen molar-refractivity contribution in [3.05, 3.63) is 28.8 Å². The smallest absolute Gasteiger partial charge is 0.306 e. The second kappa shape index (κ2) is 7.47. The first kappa shape index (κ1) is 16.6. The maximum atomic E-state index is 12.4. The van der Waals surface area contributed by atoms with Gasteiger partial charge in [0.05, 0.1) is 32.7 Å². The molecule has 0 bridgehead atoms. The third-order valence-corrected chi connectivity index (χ3v) is 3.71. The van der Waals surface area contributed by atoms with Crippen LogP contribution >= 0.6 is 11.6 Å². The van der Waals surface area contributed by atoms with E-state index in [4.69, 9.17) is 26.2 Å². The number of carboxylic acids is 1. The zero-order valence-electron chi connectivity index (χ0n) is 12.3. The predicted octanol–water partition coefficient (Wildman–Crippen LogP) is 1.59. The Morgan fingerprint density at radius 1 is 1.50 bits per heavy atom. The number of rotatable bonds is 5. The van der Waals surface area contributed by atoms with Crippen molar-refractivity contribution in [2.75, 3.05) is 26.8 Å². The maximum absolute atomic E-state index is 12.4. The lowest BCUT2D eigenvalue weighted by molar-refractivity contribution is -0.147. The molecule has 1 aliphatic rings. The molecule has 2 rings (SSSR count). The zero-order valence-corrected chi connectivity index (χ0v) is 13.0. The van der Waals surface area contributed by atoms with Crippen molar-refractivity contribution in [2.45, 2.75) is 18.9 Å². The van der Waals surface area contributed by atoms with E-state index in [-0.39, 0.29) is 25.3 Å². The zero-order chi connectivity index (χ0) is 16.1. The standard InChI is InChI=1S/C15H18ClNO5/c1-21-13-3-2-11(16)6-10(13)7-14(18)17-4-5-22-12(9-17)8-15(19)20/h2-3,6,12H,4-5,7-9H2,1H3,(H,19,20)/t12-/m1/s1. The number of ether oxygens (including phenoxy) is 2. The van der Waals surface area contributed by atoms with E-state index in [0.29, 0.717) is 29.5 Å². The molecular weight excluding hydrogens is 310 g/mol. The van der Waals surface area contributed by atoms with Gasteiger partial charge in [-0.15, -0.1) is 0 Å². The molecule has 0 unspecified atom stereocenters. The lowest BCUT2D eigenvalue weighted by Crippen LogP contribution is -2.46. The number of nitrogens with zero attached hydrogens (tertiary/aromatic N) is 1. The van der Waals surface area contributed by atoms with Crippen molar-refractivity contribution in [1.82, 2.24) is 4.90 Å². The quantitative estimate of drug-likeness (QED) is 0.889. The van der Waals surface area contributed by atoms with Gasteiger partial charge in [0.15, 0.2) is 0 Å². The number of morpholine rings is 1. The van der Waals surface area contributed by atoms with Crippen LogP contribution in [0.5, 0.6) is 5.75 Å². The highest BCUT2D eigenvalue weighted by atomic mass is 35.5. The minimum Gasteiger partial charge on any atom is -0.496 e. The summed E-state index contributed by atoms with van der Waals surface area (Å²) >= 11 is 5.96. The molecule has 1 fully saturated rings. The number of hydrogen-bond donors (Lipinski definition) is 1. The Morgan fingerprint density at radius 3 is 2.95 bits per heavy atom. The SMILES string of the molecule is COc1ccc(Cl)cc1CC(=O)N1CCO[C@H](CC(=O)O)C1. The Balaban J connectivity index is 2.02. The Morgan fingerprint density at radius 2 is 2.27 bits per heavy atom. The second-order valence-corrected chi connectivity index (χ2v) is 5.50. The van der Waals surface area contributed by atoms with E-state index in [9.17, 15) is 9.59 Å².